The topological polar surface area (TPSA) is 24.9 Å². The smallest absolute Gasteiger partial charge is 0.0701 e. The monoisotopic (exact) mass is 332 g/mol. The molecule has 96 valence electrons. The van der Waals surface area contributed by atoms with E-state index in [9.17, 15) is 0 Å². The first-order valence-electron chi connectivity index (χ1n) is 6.03. The zero-order valence-electron chi connectivity index (χ0n) is 10.4. The number of hydrogen-bond acceptors (Lipinski definition) is 3. The van der Waals surface area contributed by atoms with Crippen LogP contribution in [0.1, 0.15) is 17.2 Å². The molecule has 0 aliphatic rings. The van der Waals surface area contributed by atoms with E-state index in [-0.39, 0.29) is 6.04 Å². The number of halogens is 1. The molecule has 1 N–H and O–H groups in total. The van der Waals surface area contributed by atoms with Gasteiger partial charge in [0.05, 0.1) is 9.83 Å². The van der Waals surface area contributed by atoms with Crippen LogP contribution in [0.3, 0.4) is 0 Å². The number of hydrogen-bond donors (Lipinski definition) is 1. The normalized spacial score (nSPS) is 12.7. The van der Waals surface area contributed by atoms with Gasteiger partial charge in [-0.1, -0.05) is 18.2 Å². The number of benzene rings is 1. The van der Waals surface area contributed by atoms with Crippen LogP contribution in [-0.2, 0) is 0 Å². The summed E-state index contributed by atoms with van der Waals surface area (Å²) < 4.78 is 1.16. The molecule has 1 atom stereocenters. The molecule has 0 radical (unpaired) electrons. The lowest BCUT2D eigenvalue weighted by Crippen LogP contribution is -2.17. The molecular weight excluding hydrogens is 320 g/mol. The first-order valence-corrected chi connectivity index (χ1v) is 7.70. The molecule has 0 amide bonds. The zero-order chi connectivity index (χ0) is 13.2. The summed E-state index contributed by atoms with van der Waals surface area (Å²) in [6.45, 7) is 0. The first kappa shape index (κ1) is 12.8. The molecule has 2 aromatic heterocycles. The van der Waals surface area contributed by atoms with Crippen molar-refractivity contribution in [1.82, 2.24) is 10.3 Å². The molecule has 4 heteroatoms. The Morgan fingerprint density at radius 2 is 2.21 bits per heavy atom. The maximum absolute atomic E-state index is 4.19. The molecule has 0 bridgehead atoms. The van der Waals surface area contributed by atoms with E-state index in [2.05, 4.69) is 61.9 Å². The molecule has 3 aromatic rings. The number of fused-ring (bicyclic) bond motifs is 1. The fraction of sp³-hybridized carbons (Fsp3) is 0.133. The van der Waals surface area contributed by atoms with Gasteiger partial charge >= 0.3 is 0 Å². The van der Waals surface area contributed by atoms with Crippen LogP contribution >= 0.6 is 27.3 Å². The molecular formula is C15H13BrN2S. The highest BCUT2D eigenvalue weighted by Gasteiger charge is 2.15. The SMILES string of the molecule is CNC(c1csc(Br)c1)c1cccc2cnccc12. The molecule has 0 spiro atoms. The summed E-state index contributed by atoms with van der Waals surface area (Å²) in [7, 11) is 2.00. The minimum atomic E-state index is 0.202. The average Bonchev–Trinajstić information content (AvgIpc) is 2.86. The second kappa shape index (κ2) is 5.41. The van der Waals surface area contributed by atoms with Gasteiger partial charge in [0.1, 0.15) is 0 Å². The first-order chi connectivity index (χ1) is 9.29. The van der Waals surface area contributed by atoms with Gasteiger partial charge in [0.2, 0.25) is 0 Å². The molecule has 1 unspecified atom stereocenters. The van der Waals surface area contributed by atoms with Crippen molar-refractivity contribution in [2.24, 2.45) is 0 Å². The number of thiophene rings is 1. The van der Waals surface area contributed by atoms with Crippen molar-refractivity contribution in [2.75, 3.05) is 7.05 Å². The Hall–Kier alpha value is -1.23. The van der Waals surface area contributed by atoms with Crippen LogP contribution < -0.4 is 5.32 Å². The van der Waals surface area contributed by atoms with Crippen LogP contribution in [0, 0.1) is 0 Å². The minimum Gasteiger partial charge on any atom is -0.309 e. The summed E-state index contributed by atoms with van der Waals surface area (Å²) in [6.07, 6.45) is 3.76. The Balaban J connectivity index is 2.16. The summed E-state index contributed by atoms with van der Waals surface area (Å²) in [5.74, 6) is 0. The van der Waals surface area contributed by atoms with E-state index in [1.807, 2.05) is 19.4 Å². The van der Waals surface area contributed by atoms with E-state index in [1.165, 1.54) is 21.9 Å². The van der Waals surface area contributed by atoms with Gasteiger partial charge in [-0.15, -0.1) is 11.3 Å². The molecule has 0 saturated heterocycles. The van der Waals surface area contributed by atoms with E-state index in [4.69, 9.17) is 0 Å². The minimum absolute atomic E-state index is 0.202. The van der Waals surface area contributed by atoms with Gasteiger partial charge in [-0.2, -0.15) is 0 Å². The molecule has 19 heavy (non-hydrogen) atoms. The van der Waals surface area contributed by atoms with Gasteiger partial charge in [-0.25, -0.2) is 0 Å². The van der Waals surface area contributed by atoms with Crippen LogP contribution in [0.4, 0.5) is 0 Å². The Morgan fingerprint density at radius 3 is 2.95 bits per heavy atom. The average molecular weight is 333 g/mol. The van der Waals surface area contributed by atoms with Gasteiger partial charge in [-0.05, 0) is 57.0 Å². The number of nitrogens with one attached hydrogen (secondary N) is 1. The van der Waals surface area contributed by atoms with E-state index in [0.717, 1.165) is 3.79 Å². The molecule has 2 heterocycles. The third-order valence-electron chi connectivity index (χ3n) is 3.24. The van der Waals surface area contributed by atoms with Crippen molar-refractivity contribution in [3.05, 3.63) is 63.0 Å². The molecule has 3 rings (SSSR count). The second-order valence-electron chi connectivity index (χ2n) is 4.35. The Labute approximate surface area is 124 Å². The van der Waals surface area contributed by atoms with Crippen LogP contribution in [-0.4, -0.2) is 12.0 Å². The van der Waals surface area contributed by atoms with Crippen LogP contribution in [0.15, 0.2) is 51.9 Å². The number of pyridine rings is 1. The van der Waals surface area contributed by atoms with Crippen molar-refractivity contribution in [3.8, 4) is 0 Å². The molecule has 0 aliphatic heterocycles. The highest BCUT2D eigenvalue weighted by atomic mass is 79.9. The van der Waals surface area contributed by atoms with Crippen molar-refractivity contribution < 1.29 is 0 Å². The second-order valence-corrected chi connectivity index (χ2v) is 6.64. The quantitative estimate of drug-likeness (QED) is 0.770. The zero-order valence-corrected chi connectivity index (χ0v) is 12.8. The predicted octanol–water partition coefficient (Wildman–Crippen LogP) is 4.37. The van der Waals surface area contributed by atoms with Crippen LogP contribution in [0.5, 0.6) is 0 Å². The van der Waals surface area contributed by atoms with E-state index in [1.54, 1.807) is 11.3 Å². The summed E-state index contributed by atoms with van der Waals surface area (Å²) in [5.41, 5.74) is 2.57. The van der Waals surface area contributed by atoms with Crippen molar-refractivity contribution in [2.45, 2.75) is 6.04 Å². The highest BCUT2D eigenvalue weighted by molar-refractivity contribution is 9.11. The van der Waals surface area contributed by atoms with Crippen molar-refractivity contribution in [1.29, 1.82) is 0 Å². The van der Waals surface area contributed by atoms with Gasteiger partial charge in [0.25, 0.3) is 0 Å². The maximum atomic E-state index is 4.19. The molecule has 0 fully saturated rings. The maximum Gasteiger partial charge on any atom is 0.0701 e. The Bertz CT molecular complexity index is 703. The lowest BCUT2D eigenvalue weighted by atomic mass is 9.96. The van der Waals surface area contributed by atoms with Gasteiger partial charge < -0.3 is 5.32 Å². The Kier molecular flexibility index (Phi) is 3.64. The van der Waals surface area contributed by atoms with E-state index in [0.29, 0.717) is 0 Å². The highest BCUT2D eigenvalue weighted by Crippen LogP contribution is 2.32. The molecule has 1 aromatic carbocycles. The number of nitrogens with zero attached hydrogens (tertiary/aromatic N) is 1. The number of rotatable bonds is 3. The van der Waals surface area contributed by atoms with Gasteiger partial charge in [-0.3, -0.25) is 4.98 Å². The van der Waals surface area contributed by atoms with Crippen LogP contribution in [0.2, 0.25) is 0 Å². The van der Waals surface area contributed by atoms with Crippen LogP contribution in [0.25, 0.3) is 10.8 Å². The Morgan fingerprint density at radius 1 is 1.32 bits per heavy atom. The third kappa shape index (κ3) is 2.43. The largest absolute Gasteiger partial charge is 0.309 e. The predicted molar refractivity (Wildman–Crippen MR) is 84.7 cm³/mol. The fourth-order valence-corrected chi connectivity index (χ4v) is 3.58. The molecule has 2 nitrogen and oxygen atoms in total. The summed E-state index contributed by atoms with van der Waals surface area (Å²) in [6, 6.07) is 10.8. The third-order valence-corrected chi connectivity index (χ3v) is 4.76. The lowest BCUT2D eigenvalue weighted by Gasteiger charge is -2.17. The summed E-state index contributed by atoms with van der Waals surface area (Å²) in [4.78, 5) is 4.19. The molecule has 0 aliphatic carbocycles. The standard InChI is InChI=1S/C15H13BrN2S/c1-17-15(11-7-14(16)19-9-11)13-4-2-3-10-8-18-6-5-12(10)13/h2-9,15,17H,1H3. The fourth-order valence-electron chi connectivity index (χ4n) is 2.38. The summed E-state index contributed by atoms with van der Waals surface area (Å²) >= 11 is 5.25. The van der Waals surface area contributed by atoms with E-state index >= 15 is 0 Å². The van der Waals surface area contributed by atoms with Crippen molar-refractivity contribution >= 4 is 38.0 Å². The summed E-state index contributed by atoms with van der Waals surface area (Å²) in [5, 5.41) is 8.02. The lowest BCUT2D eigenvalue weighted by molar-refractivity contribution is 0.699. The van der Waals surface area contributed by atoms with Gasteiger partial charge in [0, 0.05) is 17.8 Å². The van der Waals surface area contributed by atoms with E-state index < -0.39 is 0 Å². The van der Waals surface area contributed by atoms with Gasteiger partial charge in [0.15, 0.2) is 0 Å². The number of aromatic nitrogens is 1. The van der Waals surface area contributed by atoms with Crippen molar-refractivity contribution in [3.63, 3.8) is 0 Å². The molecule has 0 saturated carbocycles.